The second kappa shape index (κ2) is 9.37. The van der Waals surface area contributed by atoms with Crippen LogP contribution < -0.4 is 0 Å². The molecule has 0 heterocycles. The average Bonchev–Trinajstić information content (AvgIpc) is 2.51. The van der Waals surface area contributed by atoms with Gasteiger partial charge >= 0.3 is 0 Å². The molecule has 2 rings (SSSR count). The van der Waals surface area contributed by atoms with Crippen LogP contribution in [0.4, 0.5) is 0 Å². The molecular weight excluding hydrogens is 640 g/mol. The second-order valence-corrected chi connectivity index (χ2v) is 21.5. The van der Waals surface area contributed by atoms with E-state index in [-0.39, 0.29) is 0 Å². The Labute approximate surface area is 204 Å². The molecule has 0 saturated carbocycles. The highest BCUT2D eigenvalue weighted by Crippen LogP contribution is 2.44. The number of halogens is 4. The van der Waals surface area contributed by atoms with Crippen molar-refractivity contribution in [1.29, 1.82) is 0 Å². The van der Waals surface area contributed by atoms with Crippen molar-refractivity contribution in [1.82, 2.24) is 0 Å². The summed E-state index contributed by atoms with van der Waals surface area (Å²) in [5.74, 6) is 6.66. The third kappa shape index (κ3) is 7.01. The Hall–Kier alpha value is -0.0862. The van der Waals surface area contributed by atoms with Crippen LogP contribution >= 0.6 is 63.7 Å². The first-order valence-corrected chi connectivity index (χ1v) is 19.0. The first kappa shape index (κ1) is 24.2. The van der Waals surface area contributed by atoms with E-state index in [4.69, 9.17) is 0 Å². The van der Waals surface area contributed by atoms with Crippen LogP contribution in [0.1, 0.15) is 11.1 Å². The normalized spacial score (nSPS) is 11.4. The Morgan fingerprint density at radius 3 is 1.00 bits per heavy atom. The van der Waals surface area contributed by atoms with Gasteiger partial charge in [0.05, 0.1) is 0 Å². The first-order valence-electron chi connectivity index (χ1n) is 8.82. The molecule has 0 aliphatic carbocycles. The Kier molecular flexibility index (Phi) is 8.10. The molecule has 2 aromatic rings. The third-order valence-corrected chi connectivity index (χ3v) is 7.75. The van der Waals surface area contributed by atoms with Crippen molar-refractivity contribution in [3.05, 3.63) is 53.3 Å². The molecule has 0 amide bonds. The van der Waals surface area contributed by atoms with E-state index in [1.807, 2.05) is 0 Å². The number of hydrogen-bond acceptors (Lipinski definition) is 0. The average molecular weight is 662 g/mol. The smallest absolute Gasteiger partial charge is 0.127 e. The largest absolute Gasteiger partial charge is 0.129 e. The zero-order valence-electron chi connectivity index (χ0n) is 16.8. The van der Waals surface area contributed by atoms with E-state index in [2.05, 4.69) is 150 Å². The molecule has 6 heteroatoms. The molecular formula is C22H22Br4Si2. The van der Waals surface area contributed by atoms with Gasteiger partial charge in [0.25, 0.3) is 0 Å². The Bertz CT molecular complexity index is 905. The van der Waals surface area contributed by atoms with Crippen molar-refractivity contribution in [2.24, 2.45) is 0 Å². The topological polar surface area (TPSA) is 0 Å². The summed E-state index contributed by atoms with van der Waals surface area (Å²) in [7, 11) is -2.83. The standard InChI is InChI=1S/C22H22Br4Si2/c1-27(2,3)9-7-15-11-17(23)21(18(24)12-15)22-19(25)13-16(14-20(22)26)8-10-28(4,5)6/h11-14H,1-6H3. The fourth-order valence-electron chi connectivity index (χ4n) is 2.29. The lowest BCUT2D eigenvalue weighted by Crippen LogP contribution is -2.16. The summed E-state index contributed by atoms with van der Waals surface area (Å²) < 4.78 is 4.02. The molecule has 2 aromatic carbocycles. The fraction of sp³-hybridized carbons (Fsp3) is 0.273. The molecule has 0 spiro atoms. The quantitative estimate of drug-likeness (QED) is 0.212. The van der Waals surface area contributed by atoms with Gasteiger partial charge in [0, 0.05) is 40.1 Å². The van der Waals surface area contributed by atoms with Crippen LogP contribution in [0.5, 0.6) is 0 Å². The maximum Gasteiger partial charge on any atom is 0.129 e. The summed E-state index contributed by atoms with van der Waals surface area (Å²) >= 11 is 15.0. The van der Waals surface area contributed by atoms with E-state index in [9.17, 15) is 0 Å². The Morgan fingerprint density at radius 1 is 0.536 bits per heavy atom. The van der Waals surface area contributed by atoms with Crippen LogP contribution in [0.2, 0.25) is 39.3 Å². The van der Waals surface area contributed by atoms with Gasteiger partial charge in [-0.25, -0.2) is 0 Å². The molecule has 0 aromatic heterocycles. The number of hydrogen-bond donors (Lipinski definition) is 0. The molecule has 0 aliphatic heterocycles. The van der Waals surface area contributed by atoms with Crippen LogP contribution in [0, 0.1) is 22.9 Å². The van der Waals surface area contributed by atoms with Crippen molar-refractivity contribution < 1.29 is 0 Å². The summed E-state index contributed by atoms with van der Waals surface area (Å²) in [4.78, 5) is 0. The monoisotopic (exact) mass is 658 g/mol. The summed E-state index contributed by atoms with van der Waals surface area (Å²) in [6.07, 6.45) is 0. The molecule has 28 heavy (non-hydrogen) atoms. The van der Waals surface area contributed by atoms with Gasteiger partial charge < -0.3 is 0 Å². The molecule has 0 fully saturated rings. The highest BCUT2D eigenvalue weighted by atomic mass is 79.9. The van der Waals surface area contributed by atoms with Gasteiger partial charge in [-0.15, -0.1) is 11.1 Å². The lowest BCUT2D eigenvalue weighted by atomic mass is 10.0. The summed E-state index contributed by atoms with van der Waals surface area (Å²) in [5.41, 5.74) is 11.0. The SMILES string of the molecule is C[Si](C)(C)C#Cc1cc(Br)c(-c2c(Br)cc(C#C[Si](C)(C)C)cc2Br)c(Br)c1. The first-order chi connectivity index (χ1) is 12.8. The third-order valence-electron chi connectivity index (χ3n) is 3.50. The molecule has 0 nitrogen and oxygen atoms in total. The molecule has 0 aliphatic rings. The van der Waals surface area contributed by atoms with Crippen LogP contribution in [0.25, 0.3) is 11.1 Å². The second-order valence-electron chi connectivity index (χ2n) is 8.63. The summed E-state index contributed by atoms with van der Waals surface area (Å²) in [6.45, 7) is 13.5. The minimum atomic E-state index is -1.41. The molecule has 0 atom stereocenters. The highest BCUT2D eigenvalue weighted by molar-refractivity contribution is 9.11. The van der Waals surface area contributed by atoms with Crippen LogP contribution in [-0.4, -0.2) is 16.1 Å². The van der Waals surface area contributed by atoms with Gasteiger partial charge in [-0.3, -0.25) is 0 Å². The molecule has 0 N–H and O–H groups in total. The van der Waals surface area contributed by atoms with E-state index in [1.54, 1.807) is 0 Å². The minimum Gasteiger partial charge on any atom is -0.127 e. The lowest BCUT2D eigenvalue weighted by Gasteiger charge is -2.14. The zero-order valence-corrected chi connectivity index (χ0v) is 25.2. The summed E-state index contributed by atoms with van der Waals surface area (Å²) in [5, 5.41) is 0. The van der Waals surface area contributed by atoms with Gasteiger partial charge in [-0.05, 0) is 24.3 Å². The van der Waals surface area contributed by atoms with Crippen molar-refractivity contribution in [3.63, 3.8) is 0 Å². The molecule has 0 saturated heterocycles. The zero-order chi connectivity index (χ0) is 21.3. The molecule has 146 valence electrons. The summed E-state index contributed by atoms with van der Waals surface area (Å²) in [6, 6.07) is 8.35. The van der Waals surface area contributed by atoms with Gasteiger partial charge in [0.1, 0.15) is 16.1 Å². The Balaban J connectivity index is 2.56. The van der Waals surface area contributed by atoms with Crippen molar-refractivity contribution in [3.8, 4) is 34.1 Å². The van der Waals surface area contributed by atoms with Crippen LogP contribution in [-0.2, 0) is 0 Å². The van der Waals surface area contributed by atoms with Gasteiger partial charge in [-0.2, -0.15) is 0 Å². The molecule has 0 unspecified atom stereocenters. The lowest BCUT2D eigenvalue weighted by molar-refractivity contribution is 1.47. The number of rotatable bonds is 1. The maximum atomic E-state index is 3.75. The van der Waals surface area contributed by atoms with E-state index in [0.29, 0.717) is 0 Å². The maximum absolute atomic E-state index is 3.75. The Morgan fingerprint density at radius 2 is 0.786 bits per heavy atom. The molecule has 0 bridgehead atoms. The van der Waals surface area contributed by atoms with Crippen molar-refractivity contribution in [2.75, 3.05) is 0 Å². The van der Waals surface area contributed by atoms with E-state index < -0.39 is 16.1 Å². The van der Waals surface area contributed by atoms with E-state index in [1.165, 1.54) is 0 Å². The molecule has 0 radical (unpaired) electrons. The van der Waals surface area contributed by atoms with E-state index in [0.717, 1.165) is 40.1 Å². The van der Waals surface area contributed by atoms with Crippen LogP contribution in [0.15, 0.2) is 42.2 Å². The minimum absolute atomic E-state index is 1.00. The van der Waals surface area contributed by atoms with Gasteiger partial charge in [0.2, 0.25) is 0 Å². The van der Waals surface area contributed by atoms with Gasteiger partial charge in [0.15, 0.2) is 0 Å². The van der Waals surface area contributed by atoms with Crippen molar-refractivity contribution >= 4 is 79.9 Å². The van der Waals surface area contributed by atoms with E-state index >= 15 is 0 Å². The predicted octanol–water partition coefficient (Wildman–Crippen LogP) is 8.86. The number of benzene rings is 2. The van der Waals surface area contributed by atoms with Crippen LogP contribution in [0.3, 0.4) is 0 Å². The van der Waals surface area contributed by atoms with Crippen molar-refractivity contribution in [2.45, 2.75) is 39.3 Å². The predicted molar refractivity (Wildman–Crippen MR) is 143 cm³/mol. The highest BCUT2D eigenvalue weighted by Gasteiger charge is 2.17. The fourth-order valence-corrected chi connectivity index (χ4v) is 6.49. The van der Waals surface area contributed by atoms with Gasteiger partial charge in [-0.1, -0.05) is 115 Å².